The van der Waals surface area contributed by atoms with Gasteiger partial charge in [-0.15, -0.1) is 0 Å². The molecule has 0 aliphatic carbocycles. The van der Waals surface area contributed by atoms with E-state index in [1.807, 2.05) is 50.2 Å². The van der Waals surface area contributed by atoms with Crippen molar-refractivity contribution < 1.29 is 9.15 Å². The molecule has 1 atom stereocenters. The van der Waals surface area contributed by atoms with Gasteiger partial charge in [0.15, 0.2) is 0 Å². The third-order valence-electron chi connectivity index (χ3n) is 4.86. The zero-order valence-corrected chi connectivity index (χ0v) is 16.5. The standard InChI is InChI=1S/C23H23N3O2/c1-14-13-28-22-9-8-18(11-20(14)22)21-12-23(26-16(3)25-21)24-15(2)17-6-5-7-19(10-17)27-4/h5-13,15H,1-4H3,(H,24,25,26)/t15-/m1/s1. The third-order valence-corrected chi connectivity index (χ3v) is 4.86. The maximum absolute atomic E-state index is 5.55. The Bertz CT molecular complexity index is 1130. The average Bonchev–Trinajstić information content (AvgIpc) is 3.08. The molecule has 4 aromatic rings. The molecule has 0 unspecified atom stereocenters. The number of fused-ring (bicyclic) bond motifs is 1. The molecule has 2 aromatic carbocycles. The highest BCUT2D eigenvalue weighted by Gasteiger charge is 2.11. The van der Waals surface area contributed by atoms with Crippen LogP contribution in [0.15, 0.2) is 59.2 Å². The number of nitrogens with zero attached hydrogens (tertiary/aromatic N) is 2. The van der Waals surface area contributed by atoms with Crippen molar-refractivity contribution in [2.45, 2.75) is 26.8 Å². The molecular weight excluding hydrogens is 350 g/mol. The van der Waals surface area contributed by atoms with Crippen LogP contribution >= 0.6 is 0 Å². The maximum Gasteiger partial charge on any atom is 0.134 e. The lowest BCUT2D eigenvalue weighted by Crippen LogP contribution is -2.09. The highest BCUT2D eigenvalue weighted by molar-refractivity contribution is 5.85. The lowest BCUT2D eigenvalue weighted by atomic mass is 10.1. The van der Waals surface area contributed by atoms with E-state index in [-0.39, 0.29) is 6.04 Å². The number of anilines is 1. The van der Waals surface area contributed by atoms with Crippen LogP contribution < -0.4 is 10.1 Å². The molecule has 0 fully saturated rings. The number of furan rings is 1. The summed E-state index contributed by atoms with van der Waals surface area (Å²) in [6.07, 6.45) is 1.78. The quantitative estimate of drug-likeness (QED) is 0.487. The smallest absolute Gasteiger partial charge is 0.134 e. The molecule has 2 heterocycles. The number of hydrogen-bond acceptors (Lipinski definition) is 5. The average molecular weight is 373 g/mol. The molecule has 0 aliphatic rings. The maximum atomic E-state index is 5.55. The van der Waals surface area contributed by atoms with Crippen molar-refractivity contribution >= 4 is 16.8 Å². The summed E-state index contributed by atoms with van der Waals surface area (Å²) in [5.74, 6) is 2.36. The van der Waals surface area contributed by atoms with Crippen LogP contribution in [0.2, 0.25) is 0 Å². The molecule has 0 aliphatic heterocycles. The number of aromatic nitrogens is 2. The lowest BCUT2D eigenvalue weighted by molar-refractivity contribution is 0.414. The first-order chi connectivity index (χ1) is 13.5. The minimum atomic E-state index is 0.0795. The summed E-state index contributed by atoms with van der Waals surface area (Å²) in [4.78, 5) is 9.20. The Morgan fingerprint density at radius 2 is 1.89 bits per heavy atom. The molecular formula is C23H23N3O2. The molecule has 5 nitrogen and oxygen atoms in total. The summed E-state index contributed by atoms with van der Waals surface area (Å²) in [7, 11) is 1.68. The lowest BCUT2D eigenvalue weighted by Gasteiger charge is -2.16. The SMILES string of the molecule is COc1cccc([C@@H](C)Nc2cc(-c3ccc4occ(C)c4c3)nc(C)n2)c1. The Kier molecular flexibility index (Phi) is 4.74. The molecule has 5 heteroatoms. The van der Waals surface area contributed by atoms with Crippen molar-refractivity contribution in [2.75, 3.05) is 12.4 Å². The van der Waals surface area contributed by atoms with Crippen LogP contribution in [-0.4, -0.2) is 17.1 Å². The van der Waals surface area contributed by atoms with Crippen molar-refractivity contribution in [3.05, 3.63) is 71.7 Å². The van der Waals surface area contributed by atoms with Crippen molar-refractivity contribution in [2.24, 2.45) is 0 Å². The van der Waals surface area contributed by atoms with Gasteiger partial charge in [0.2, 0.25) is 0 Å². The van der Waals surface area contributed by atoms with Gasteiger partial charge >= 0.3 is 0 Å². The van der Waals surface area contributed by atoms with Crippen LogP contribution in [0.4, 0.5) is 5.82 Å². The van der Waals surface area contributed by atoms with Crippen LogP contribution in [-0.2, 0) is 0 Å². The molecule has 0 spiro atoms. The van der Waals surface area contributed by atoms with Crippen molar-refractivity contribution in [3.63, 3.8) is 0 Å². The normalized spacial score (nSPS) is 12.1. The number of benzene rings is 2. The minimum absolute atomic E-state index is 0.0795. The van der Waals surface area contributed by atoms with Crippen molar-refractivity contribution in [1.82, 2.24) is 9.97 Å². The van der Waals surface area contributed by atoms with Gasteiger partial charge in [0, 0.05) is 17.0 Å². The zero-order chi connectivity index (χ0) is 19.7. The Morgan fingerprint density at radius 1 is 1.04 bits per heavy atom. The Labute approximate surface area is 164 Å². The highest BCUT2D eigenvalue weighted by atomic mass is 16.5. The molecule has 0 saturated heterocycles. The summed E-state index contributed by atoms with van der Waals surface area (Å²) >= 11 is 0. The van der Waals surface area contributed by atoms with Crippen LogP contribution in [0.3, 0.4) is 0 Å². The summed E-state index contributed by atoms with van der Waals surface area (Å²) in [5.41, 5.74) is 5.06. The second-order valence-corrected chi connectivity index (χ2v) is 6.96. The molecule has 0 amide bonds. The molecule has 4 rings (SSSR count). The summed E-state index contributed by atoms with van der Waals surface area (Å²) in [6.45, 7) is 6.06. The van der Waals surface area contributed by atoms with E-state index in [4.69, 9.17) is 9.15 Å². The number of methoxy groups -OCH3 is 1. The van der Waals surface area contributed by atoms with Crippen molar-refractivity contribution in [1.29, 1.82) is 0 Å². The molecule has 142 valence electrons. The van der Waals surface area contributed by atoms with E-state index < -0.39 is 0 Å². The van der Waals surface area contributed by atoms with Gasteiger partial charge in [-0.2, -0.15) is 0 Å². The minimum Gasteiger partial charge on any atom is -0.497 e. The topological polar surface area (TPSA) is 60.2 Å². The first kappa shape index (κ1) is 18.0. The summed E-state index contributed by atoms with van der Waals surface area (Å²) in [6, 6.07) is 16.2. The fourth-order valence-corrected chi connectivity index (χ4v) is 3.32. The van der Waals surface area contributed by atoms with Crippen LogP contribution in [0.25, 0.3) is 22.2 Å². The fraction of sp³-hybridized carbons (Fsp3) is 0.217. The van der Waals surface area contributed by atoms with Crippen molar-refractivity contribution in [3.8, 4) is 17.0 Å². The van der Waals surface area contributed by atoms with Gasteiger partial charge < -0.3 is 14.5 Å². The largest absolute Gasteiger partial charge is 0.497 e. The van der Waals surface area contributed by atoms with E-state index in [1.165, 1.54) is 0 Å². The highest BCUT2D eigenvalue weighted by Crippen LogP contribution is 2.29. The van der Waals surface area contributed by atoms with E-state index in [2.05, 4.69) is 34.3 Å². The molecule has 1 N–H and O–H groups in total. The van der Waals surface area contributed by atoms with Crippen LogP contribution in [0, 0.1) is 13.8 Å². The number of nitrogens with one attached hydrogen (secondary N) is 1. The number of aryl methyl sites for hydroxylation is 2. The van der Waals surface area contributed by atoms with E-state index in [0.29, 0.717) is 0 Å². The number of ether oxygens (including phenoxy) is 1. The van der Waals surface area contributed by atoms with Gasteiger partial charge in [-0.05, 0) is 62.2 Å². The second-order valence-electron chi connectivity index (χ2n) is 6.96. The van der Waals surface area contributed by atoms with Gasteiger partial charge in [-0.25, -0.2) is 9.97 Å². The number of hydrogen-bond donors (Lipinski definition) is 1. The predicted molar refractivity (Wildman–Crippen MR) is 112 cm³/mol. The van der Waals surface area contributed by atoms with Gasteiger partial charge in [0.1, 0.15) is 23.0 Å². The monoisotopic (exact) mass is 373 g/mol. The molecule has 0 saturated carbocycles. The zero-order valence-electron chi connectivity index (χ0n) is 16.5. The van der Waals surface area contributed by atoms with E-state index in [0.717, 1.165) is 50.7 Å². The Balaban J connectivity index is 1.65. The van der Waals surface area contributed by atoms with Crippen LogP contribution in [0.5, 0.6) is 5.75 Å². The predicted octanol–water partition coefficient (Wildman–Crippen LogP) is 5.69. The van der Waals surface area contributed by atoms with Gasteiger partial charge in [-0.3, -0.25) is 0 Å². The molecule has 0 bridgehead atoms. The molecule has 2 aromatic heterocycles. The molecule has 0 radical (unpaired) electrons. The molecule has 28 heavy (non-hydrogen) atoms. The van der Waals surface area contributed by atoms with E-state index in [1.54, 1.807) is 13.4 Å². The Hall–Kier alpha value is -3.34. The van der Waals surface area contributed by atoms with E-state index >= 15 is 0 Å². The van der Waals surface area contributed by atoms with Gasteiger partial charge in [0.05, 0.1) is 25.1 Å². The third kappa shape index (κ3) is 3.56. The van der Waals surface area contributed by atoms with Gasteiger partial charge in [-0.1, -0.05) is 12.1 Å². The first-order valence-corrected chi connectivity index (χ1v) is 9.28. The van der Waals surface area contributed by atoms with E-state index in [9.17, 15) is 0 Å². The first-order valence-electron chi connectivity index (χ1n) is 9.28. The number of rotatable bonds is 5. The summed E-state index contributed by atoms with van der Waals surface area (Å²) in [5, 5.41) is 4.58. The van der Waals surface area contributed by atoms with Gasteiger partial charge in [0.25, 0.3) is 0 Å². The van der Waals surface area contributed by atoms with Crippen LogP contribution in [0.1, 0.15) is 29.9 Å². The second kappa shape index (κ2) is 7.35. The fourth-order valence-electron chi connectivity index (χ4n) is 3.32. The Morgan fingerprint density at radius 3 is 2.71 bits per heavy atom. The summed E-state index contributed by atoms with van der Waals surface area (Å²) < 4.78 is 10.9.